The van der Waals surface area contributed by atoms with E-state index in [0.29, 0.717) is 0 Å². The Hall–Kier alpha value is -5.71. The first kappa shape index (κ1) is 36.1. The first-order valence-electron chi connectivity index (χ1n) is 16.4. The minimum atomic E-state index is -6.00. The van der Waals surface area contributed by atoms with E-state index in [-0.39, 0.29) is 22.3 Å². The van der Waals surface area contributed by atoms with Gasteiger partial charge in [0.1, 0.15) is 23.3 Å². The molecule has 0 spiro atoms. The van der Waals surface area contributed by atoms with Gasteiger partial charge in [-0.15, -0.1) is 0 Å². The lowest BCUT2D eigenvalue weighted by Gasteiger charge is -2.31. The molecule has 6 aromatic rings. The minimum Gasteiger partial charge on any atom is -0.418 e. The van der Waals surface area contributed by atoms with Crippen LogP contribution in [-0.4, -0.2) is 23.1 Å². The van der Waals surface area contributed by atoms with E-state index < -0.39 is 54.7 Å². The lowest BCUT2D eigenvalue weighted by atomic mass is 9.87. The van der Waals surface area contributed by atoms with Crippen molar-refractivity contribution in [1.29, 1.82) is 0 Å². The molecule has 0 saturated carbocycles. The minimum absolute atomic E-state index is 0.275. The van der Waals surface area contributed by atoms with Crippen LogP contribution in [-0.2, 0) is 0 Å². The van der Waals surface area contributed by atoms with E-state index in [4.69, 9.17) is 0 Å². The van der Waals surface area contributed by atoms with Crippen LogP contribution in [0.2, 0.25) is 0 Å². The average molecular weight is 715 g/mol. The summed E-state index contributed by atoms with van der Waals surface area (Å²) in [5.41, 5.74) is 2.85. The van der Waals surface area contributed by atoms with Gasteiger partial charge in [-0.3, -0.25) is 0 Å². The standard InChI is InChI=1S/C41H31F4N2.BF4/c42-34-23-11-7-19-30(34)40(31-20-8-12-24-35(31)43)46-27-47(39(29-17-5-2-6-18-29)38(46)28-15-3-1-4-16-28)41(32-21-9-13-25-36(32)44)33-22-10-14-26-37(33)45;2-1(3,4)5/h1-27,38-41H;/q+1;-1/t38-,39-;/m0./s1. The first-order valence-corrected chi connectivity index (χ1v) is 16.4. The summed E-state index contributed by atoms with van der Waals surface area (Å²) in [6, 6.07) is 41.9. The maximum atomic E-state index is 15.9. The molecule has 0 fully saturated rings. The molecule has 0 aliphatic carbocycles. The van der Waals surface area contributed by atoms with Crippen LogP contribution < -0.4 is 0 Å². The lowest BCUT2D eigenvalue weighted by molar-refractivity contribution is -0.596. The van der Waals surface area contributed by atoms with E-state index in [1.807, 2.05) is 76.5 Å². The second-order valence-electron chi connectivity index (χ2n) is 12.1. The van der Waals surface area contributed by atoms with Crippen molar-refractivity contribution in [2.45, 2.75) is 24.2 Å². The van der Waals surface area contributed by atoms with Crippen LogP contribution in [0, 0.1) is 23.3 Å². The van der Waals surface area contributed by atoms with Crippen LogP contribution in [0.25, 0.3) is 0 Å². The highest BCUT2D eigenvalue weighted by molar-refractivity contribution is 6.50. The predicted molar refractivity (Wildman–Crippen MR) is 186 cm³/mol. The van der Waals surface area contributed by atoms with E-state index in [2.05, 4.69) is 0 Å². The molecule has 0 N–H and O–H groups in total. The van der Waals surface area contributed by atoms with Crippen molar-refractivity contribution in [3.05, 3.63) is 214 Å². The molecule has 1 heterocycles. The Morgan fingerprint density at radius 1 is 0.442 bits per heavy atom. The highest BCUT2D eigenvalue weighted by Crippen LogP contribution is 2.50. The number of benzene rings is 6. The van der Waals surface area contributed by atoms with Gasteiger partial charge in [-0.1, -0.05) is 133 Å². The summed E-state index contributed by atoms with van der Waals surface area (Å²) >= 11 is 0. The van der Waals surface area contributed by atoms with Crippen LogP contribution in [0.4, 0.5) is 34.8 Å². The molecule has 2 atom stereocenters. The predicted octanol–water partition coefficient (Wildman–Crippen LogP) is 11.3. The zero-order valence-corrected chi connectivity index (χ0v) is 27.4. The highest BCUT2D eigenvalue weighted by Gasteiger charge is 2.51. The van der Waals surface area contributed by atoms with E-state index in [0.717, 1.165) is 11.1 Å². The van der Waals surface area contributed by atoms with Crippen LogP contribution in [0.15, 0.2) is 158 Å². The number of nitrogens with zero attached hydrogens (tertiary/aromatic N) is 2. The van der Waals surface area contributed by atoms with Crippen molar-refractivity contribution in [1.82, 2.24) is 4.90 Å². The average Bonchev–Trinajstić information content (AvgIpc) is 3.51. The monoisotopic (exact) mass is 714 g/mol. The van der Waals surface area contributed by atoms with Gasteiger partial charge < -0.3 is 17.3 Å². The molecule has 264 valence electrons. The molecule has 0 unspecified atom stereocenters. The summed E-state index contributed by atoms with van der Waals surface area (Å²) < 4.78 is 104. The normalized spacial score (nSPS) is 15.7. The smallest absolute Gasteiger partial charge is 0.418 e. The highest BCUT2D eigenvalue weighted by atomic mass is 19.5. The van der Waals surface area contributed by atoms with Gasteiger partial charge in [0, 0.05) is 33.4 Å². The molecule has 11 heteroatoms. The molecular formula is C41H31BF8N2. The molecule has 0 amide bonds. The Morgan fingerprint density at radius 3 is 1.15 bits per heavy atom. The van der Waals surface area contributed by atoms with E-state index >= 15 is 17.6 Å². The van der Waals surface area contributed by atoms with E-state index in [1.165, 1.54) is 24.3 Å². The third-order valence-electron chi connectivity index (χ3n) is 8.89. The Balaban J connectivity index is 0.000000870. The van der Waals surface area contributed by atoms with Crippen molar-refractivity contribution in [2.24, 2.45) is 0 Å². The second kappa shape index (κ2) is 15.7. The Morgan fingerprint density at radius 2 is 0.769 bits per heavy atom. The zero-order valence-electron chi connectivity index (χ0n) is 27.4. The van der Waals surface area contributed by atoms with Gasteiger partial charge in [-0.05, 0) is 24.3 Å². The van der Waals surface area contributed by atoms with Crippen molar-refractivity contribution in [2.75, 3.05) is 0 Å². The molecule has 0 bridgehead atoms. The van der Waals surface area contributed by atoms with Gasteiger partial charge >= 0.3 is 7.25 Å². The first-order chi connectivity index (χ1) is 25.0. The molecule has 6 aromatic carbocycles. The van der Waals surface area contributed by atoms with Crippen LogP contribution in [0.3, 0.4) is 0 Å². The summed E-state index contributed by atoms with van der Waals surface area (Å²) in [4.78, 5) is 1.94. The molecule has 52 heavy (non-hydrogen) atoms. The quantitative estimate of drug-likeness (QED) is 0.0864. The van der Waals surface area contributed by atoms with Gasteiger partial charge in [-0.25, -0.2) is 27.0 Å². The fourth-order valence-electron chi connectivity index (χ4n) is 6.85. The maximum Gasteiger partial charge on any atom is 0.673 e. The van der Waals surface area contributed by atoms with Crippen LogP contribution in [0.5, 0.6) is 0 Å². The zero-order chi connectivity index (χ0) is 36.8. The summed E-state index contributed by atoms with van der Waals surface area (Å²) in [5, 5.41) is 0. The molecular weight excluding hydrogens is 683 g/mol. The summed E-state index contributed by atoms with van der Waals surface area (Å²) in [7, 11) is -6.00. The molecule has 1 aliphatic rings. The topological polar surface area (TPSA) is 6.25 Å². The van der Waals surface area contributed by atoms with Crippen LogP contribution in [0.1, 0.15) is 57.5 Å². The van der Waals surface area contributed by atoms with Crippen molar-refractivity contribution >= 4 is 13.6 Å². The SMILES string of the molecule is F[B-](F)(F)F.Fc1ccccc1C(c1ccccc1F)N1C=[N+](C(c2ccccc2F)c2ccccc2F)[C@@H](c2ccccc2)[C@@H]1c1ccccc1. The number of hydrogen-bond donors (Lipinski definition) is 0. The molecule has 0 aromatic heterocycles. The molecule has 7 rings (SSSR count). The molecule has 0 saturated heterocycles. The fraction of sp³-hybridized carbons (Fsp3) is 0.0976. The van der Waals surface area contributed by atoms with Crippen molar-refractivity contribution < 1.29 is 39.4 Å². The molecule has 2 nitrogen and oxygen atoms in total. The lowest BCUT2D eigenvalue weighted by Crippen LogP contribution is -2.32. The van der Waals surface area contributed by atoms with Crippen molar-refractivity contribution in [3.63, 3.8) is 0 Å². The van der Waals surface area contributed by atoms with E-state index in [9.17, 15) is 17.3 Å². The van der Waals surface area contributed by atoms with Gasteiger partial charge in [-0.2, -0.15) is 0 Å². The maximum absolute atomic E-state index is 15.9. The van der Waals surface area contributed by atoms with E-state index in [1.54, 1.807) is 72.8 Å². The molecule has 1 aliphatic heterocycles. The Bertz CT molecular complexity index is 2050. The Labute approximate surface area is 296 Å². The number of hydrogen-bond acceptors (Lipinski definition) is 1. The summed E-state index contributed by atoms with van der Waals surface area (Å²) in [6.07, 6.45) is 1.81. The van der Waals surface area contributed by atoms with Gasteiger partial charge in [0.05, 0.1) is 0 Å². The van der Waals surface area contributed by atoms with Crippen molar-refractivity contribution in [3.8, 4) is 0 Å². The van der Waals surface area contributed by atoms with Gasteiger partial charge in [0.15, 0.2) is 24.2 Å². The largest absolute Gasteiger partial charge is 0.673 e. The summed E-state index contributed by atoms with van der Waals surface area (Å²) in [5.74, 6) is -1.96. The summed E-state index contributed by atoms with van der Waals surface area (Å²) in [6.45, 7) is 0. The second-order valence-corrected chi connectivity index (χ2v) is 12.1. The number of rotatable bonds is 8. The Kier molecular flexibility index (Phi) is 10.9. The van der Waals surface area contributed by atoms with Gasteiger partial charge in [0.2, 0.25) is 6.34 Å². The fourth-order valence-corrected chi connectivity index (χ4v) is 6.85. The third-order valence-corrected chi connectivity index (χ3v) is 8.89. The number of halogens is 8. The third kappa shape index (κ3) is 7.93. The molecule has 0 radical (unpaired) electrons. The van der Waals surface area contributed by atoms with Gasteiger partial charge in [0.25, 0.3) is 0 Å². The van der Waals surface area contributed by atoms with Crippen LogP contribution >= 0.6 is 0 Å².